The highest BCUT2D eigenvalue weighted by Gasteiger charge is 2.05. The highest BCUT2D eigenvalue weighted by Crippen LogP contribution is 2.17. The van der Waals surface area contributed by atoms with Crippen LogP contribution in [-0.4, -0.2) is 15.6 Å². The van der Waals surface area contributed by atoms with E-state index in [1.54, 1.807) is 54.7 Å². The van der Waals surface area contributed by atoms with Crippen LogP contribution >= 0.6 is 0 Å². The molecule has 1 heterocycles. The number of hydrogen-bond acceptors (Lipinski definition) is 4. The molecule has 0 atom stereocenters. The number of ether oxygens (including phenoxy) is 1. The van der Waals surface area contributed by atoms with E-state index in [4.69, 9.17) is 10.00 Å². The Kier molecular flexibility index (Phi) is 5.15. The summed E-state index contributed by atoms with van der Waals surface area (Å²) in [6, 6.07) is 15.4. The van der Waals surface area contributed by atoms with Crippen molar-refractivity contribution in [3.8, 4) is 11.8 Å². The van der Waals surface area contributed by atoms with Crippen molar-refractivity contribution in [2.45, 2.75) is 6.61 Å². The number of nitrogens with zero attached hydrogens (tertiary/aromatic N) is 3. The van der Waals surface area contributed by atoms with E-state index < -0.39 is 0 Å². The summed E-state index contributed by atoms with van der Waals surface area (Å²) < 4.78 is 7.56. The third kappa shape index (κ3) is 4.39. The summed E-state index contributed by atoms with van der Waals surface area (Å²) >= 11 is 0. The highest BCUT2D eigenvalue weighted by molar-refractivity contribution is 5.99. The van der Waals surface area contributed by atoms with Gasteiger partial charge in [-0.15, -0.1) is 0 Å². The SMILES string of the molecule is Cn1ccnc1COc1ccc(NC(=O)Nc2cccc(C#N)c2)cc1. The second-order valence-electron chi connectivity index (χ2n) is 5.54. The molecule has 2 amide bonds. The molecule has 0 bridgehead atoms. The first kappa shape index (κ1) is 17.0. The zero-order chi connectivity index (χ0) is 18.4. The maximum Gasteiger partial charge on any atom is 0.323 e. The van der Waals surface area contributed by atoms with E-state index >= 15 is 0 Å². The van der Waals surface area contributed by atoms with Gasteiger partial charge in [0.15, 0.2) is 0 Å². The summed E-state index contributed by atoms with van der Waals surface area (Å²) in [4.78, 5) is 16.2. The fourth-order valence-electron chi connectivity index (χ4n) is 2.28. The summed E-state index contributed by atoms with van der Waals surface area (Å²) in [5, 5.41) is 14.3. The second-order valence-corrected chi connectivity index (χ2v) is 5.54. The second kappa shape index (κ2) is 7.85. The Morgan fingerprint density at radius 2 is 1.96 bits per heavy atom. The number of imidazole rings is 1. The lowest BCUT2D eigenvalue weighted by Gasteiger charge is -2.09. The number of benzene rings is 2. The lowest BCUT2D eigenvalue weighted by atomic mass is 10.2. The normalized spacial score (nSPS) is 10.0. The molecule has 26 heavy (non-hydrogen) atoms. The zero-order valence-electron chi connectivity index (χ0n) is 14.1. The Bertz CT molecular complexity index is 941. The number of aryl methyl sites for hydroxylation is 1. The van der Waals surface area contributed by atoms with Crippen LogP contribution in [-0.2, 0) is 13.7 Å². The van der Waals surface area contributed by atoms with Gasteiger partial charge in [0.1, 0.15) is 18.2 Å². The van der Waals surface area contributed by atoms with Crippen LogP contribution < -0.4 is 15.4 Å². The van der Waals surface area contributed by atoms with Crippen molar-refractivity contribution >= 4 is 17.4 Å². The summed E-state index contributed by atoms with van der Waals surface area (Å²) in [6.07, 6.45) is 3.58. The third-order valence-electron chi connectivity index (χ3n) is 3.65. The van der Waals surface area contributed by atoms with Crippen LogP contribution in [0.25, 0.3) is 0 Å². The van der Waals surface area contributed by atoms with Crippen LogP contribution in [0.4, 0.5) is 16.2 Å². The lowest BCUT2D eigenvalue weighted by molar-refractivity contribution is 0.262. The van der Waals surface area contributed by atoms with Crippen LogP contribution in [0.5, 0.6) is 5.75 Å². The molecule has 0 aliphatic heterocycles. The Hall–Kier alpha value is -3.79. The molecule has 1 aromatic heterocycles. The summed E-state index contributed by atoms with van der Waals surface area (Å²) in [5.74, 6) is 1.51. The fraction of sp³-hybridized carbons (Fsp3) is 0.105. The predicted octanol–water partition coefficient (Wildman–Crippen LogP) is 3.51. The molecule has 3 aromatic rings. The van der Waals surface area contributed by atoms with Gasteiger partial charge in [-0.3, -0.25) is 0 Å². The van der Waals surface area contributed by atoms with Gasteiger partial charge in [-0.2, -0.15) is 5.26 Å². The number of rotatable bonds is 5. The van der Waals surface area contributed by atoms with E-state index in [1.807, 2.05) is 23.9 Å². The summed E-state index contributed by atoms with van der Waals surface area (Å²) in [7, 11) is 1.91. The van der Waals surface area contributed by atoms with E-state index in [9.17, 15) is 4.79 Å². The van der Waals surface area contributed by atoms with Gasteiger partial charge >= 0.3 is 6.03 Å². The van der Waals surface area contributed by atoms with Gasteiger partial charge in [-0.25, -0.2) is 9.78 Å². The molecule has 0 saturated heterocycles. The third-order valence-corrected chi connectivity index (χ3v) is 3.65. The number of urea groups is 1. The van der Waals surface area contributed by atoms with Crippen molar-refractivity contribution in [2.24, 2.45) is 7.05 Å². The molecule has 0 fully saturated rings. The van der Waals surface area contributed by atoms with Crippen LogP contribution in [0.1, 0.15) is 11.4 Å². The zero-order valence-corrected chi connectivity index (χ0v) is 14.1. The molecule has 0 radical (unpaired) electrons. The quantitative estimate of drug-likeness (QED) is 0.739. The van der Waals surface area contributed by atoms with Crippen LogP contribution in [0.2, 0.25) is 0 Å². The van der Waals surface area contributed by atoms with Gasteiger partial charge in [-0.05, 0) is 42.5 Å². The van der Waals surface area contributed by atoms with Gasteiger partial charge in [0, 0.05) is 30.8 Å². The van der Waals surface area contributed by atoms with Crippen molar-refractivity contribution in [2.75, 3.05) is 10.6 Å². The van der Waals surface area contributed by atoms with Gasteiger partial charge in [0.25, 0.3) is 0 Å². The van der Waals surface area contributed by atoms with Gasteiger partial charge in [-0.1, -0.05) is 6.07 Å². The van der Waals surface area contributed by atoms with E-state index in [0.29, 0.717) is 29.3 Å². The average molecular weight is 347 g/mol. The van der Waals surface area contributed by atoms with Gasteiger partial charge in [0.05, 0.1) is 11.6 Å². The molecule has 7 heteroatoms. The molecule has 0 spiro atoms. The minimum Gasteiger partial charge on any atom is -0.486 e. The lowest BCUT2D eigenvalue weighted by Crippen LogP contribution is -2.19. The van der Waals surface area contributed by atoms with Crippen molar-refractivity contribution < 1.29 is 9.53 Å². The van der Waals surface area contributed by atoms with Crippen LogP contribution in [0.15, 0.2) is 60.9 Å². The van der Waals surface area contributed by atoms with Crippen molar-refractivity contribution in [1.82, 2.24) is 9.55 Å². The molecule has 130 valence electrons. The number of amides is 2. The van der Waals surface area contributed by atoms with E-state index in [0.717, 1.165) is 5.82 Å². The number of aromatic nitrogens is 2. The van der Waals surface area contributed by atoms with Crippen molar-refractivity contribution in [3.05, 3.63) is 72.3 Å². The highest BCUT2D eigenvalue weighted by atomic mass is 16.5. The Morgan fingerprint density at radius 1 is 1.19 bits per heavy atom. The molecule has 2 aromatic carbocycles. The van der Waals surface area contributed by atoms with E-state index in [1.165, 1.54) is 0 Å². The van der Waals surface area contributed by atoms with Crippen molar-refractivity contribution in [3.63, 3.8) is 0 Å². The minimum absolute atomic E-state index is 0.367. The standard InChI is InChI=1S/C19H17N5O2/c1-24-10-9-21-18(24)13-26-17-7-5-15(6-8-17)22-19(25)23-16-4-2-3-14(11-16)12-20/h2-11H,13H2,1H3,(H2,22,23,25). The Labute approximate surface area is 150 Å². The molecule has 0 unspecified atom stereocenters. The maximum absolute atomic E-state index is 12.0. The smallest absolute Gasteiger partial charge is 0.323 e. The molecule has 0 saturated carbocycles. The topological polar surface area (TPSA) is 92.0 Å². The number of nitriles is 1. The molecular formula is C19H17N5O2. The fourth-order valence-corrected chi connectivity index (χ4v) is 2.28. The number of nitrogens with one attached hydrogen (secondary N) is 2. The van der Waals surface area contributed by atoms with Crippen LogP contribution in [0, 0.1) is 11.3 Å². The van der Waals surface area contributed by atoms with E-state index in [2.05, 4.69) is 15.6 Å². The molecule has 0 aliphatic carbocycles. The molecule has 7 nitrogen and oxygen atoms in total. The monoisotopic (exact) mass is 347 g/mol. The minimum atomic E-state index is -0.387. The number of hydrogen-bond donors (Lipinski definition) is 2. The first-order valence-electron chi connectivity index (χ1n) is 7.91. The number of anilines is 2. The van der Waals surface area contributed by atoms with Crippen molar-refractivity contribution in [1.29, 1.82) is 5.26 Å². The molecule has 3 rings (SSSR count). The van der Waals surface area contributed by atoms with Crippen LogP contribution in [0.3, 0.4) is 0 Å². The Balaban J connectivity index is 1.54. The summed E-state index contributed by atoms with van der Waals surface area (Å²) in [5.41, 5.74) is 1.66. The number of carbonyl (C=O) groups is 1. The first-order chi connectivity index (χ1) is 12.6. The molecule has 2 N–H and O–H groups in total. The van der Waals surface area contributed by atoms with E-state index in [-0.39, 0.29) is 6.03 Å². The average Bonchev–Trinajstić information content (AvgIpc) is 3.06. The molecule has 0 aliphatic rings. The largest absolute Gasteiger partial charge is 0.486 e. The maximum atomic E-state index is 12.0. The van der Waals surface area contributed by atoms with Gasteiger partial charge in [0.2, 0.25) is 0 Å². The van der Waals surface area contributed by atoms with Gasteiger partial charge < -0.3 is 19.9 Å². The first-order valence-corrected chi connectivity index (χ1v) is 7.91. The Morgan fingerprint density at radius 3 is 2.65 bits per heavy atom. The molecular weight excluding hydrogens is 330 g/mol. The predicted molar refractivity (Wildman–Crippen MR) is 97.8 cm³/mol. The summed E-state index contributed by atoms with van der Waals surface area (Å²) in [6.45, 7) is 0.367. The number of carbonyl (C=O) groups excluding carboxylic acids is 1.